The van der Waals surface area contributed by atoms with Crippen molar-refractivity contribution >= 4 is 17.5 Å². The molecule has 1 aliphatic rings. The number of halogens is 1. The third-order valence-corrected chi connectivity index (χ3v) is 2.06. The fraction of sp³-hybridized carbons (Fsp3) is 0.625. The van der Waals surface area contributed by atoms with Gasteiger partial charge in [0.2, 0.25) is 0 Å². The fourth-order valence-corrected chi connectivity index (χ4v) is 1.24. The fourth-order valence-electron chi connectivity index (χ4n) is 1.24. The van der Waals surface area contributed by atoms with E-state index in [1.165, 1.54) is 0 Å². The molecular weight excluding hydrogens is 179 g/mol. The van der Waals surface area contributed by atoms with Gasteiger partial charge in [-0.2, -0.15) is 0 Å². The van der Waals surface area contributed by atoms with Crippen LogP contribution in [-0.2, 0) is 19.1 Å². The molecule has 4 nitrogen and oxygen atoms in total. The molecule has 0 heterocycles. The third kappa shape index (κ3) is 1.59. The normalized spacial score (nSPS) is 28.8. The van der Waals surface area contributed by atoms with Crippen LogP contribution in [0, 0.1) is 0 Å². The molecule has 1 fully saturated rings. The summed E-state index contributed by atoms with van der Waals surface area (Å²) in [5.74, 6) is -2.53. The molecule has 0 spiro atoms. The summed E-state index contributed by atoms with van der Waals surface area (Å²) in [5.41, 5.74) is -2.59. The van der Waals surface area contributed by atoms with Gasteiger partial charge in [0.05, 0.1) is 13.5 Å². The van der Waals surface area contributed by atoms with Gasteiger partial charge in [-0.1, -0.05) is 0 Å². The lowest BCUT2D eigenvalue weighted by Crippen LogP contribution is -2.47. The Morgan fingerprint density at radius 3 is 2.62 bits per heavy atom. The summed E-state index contributed by atoms with van der Waals surface area (Å²) in [6, 6.07) is 0. The summed E-state index contributed by atoms with van der Waals surface area (Å²) in [6.45, 7) is 0. The van der Waals surface area contributed by atoms with Crippen LogP contribution in [0.1, 0.15) is 19.3 Å². The second-order valence-corrected chi connectivity index (χ2v) is 2.93. The van der Waals surface area contributed by atoms with Gasteiger partial charge in [0.25, 0.3) is 5.67 Å². The average Bonchev–Trinajstić information content (AvgIpc) is 2.11. The van der Waals surface area contributed by atoms with Crippen LogP contribution in [0.2, 0.25) is 0 Å². The predicted molar refractivity (Wildman–Crippen MR) is 39.7 cm³/mol. The van der Waals surface area contributed by atoms with E-state index in [0.717, 1.165) is 7.11 Å². The Labute approximate surface area is 74.1 Å². The molecule has 0 amide bonds. The molecular formula is C8H9FO4. The first-order chi connectivity index (χ1) is 6.00. The smallest absolute Gasteiger partial charge is 0.351 e. The highest BCUT2D eigenvalue weighted by Gasteiger charge is 2.50. The summed E-state index contributed by atoms with van der Waals surface area (Å²) >= 11 is 0. The van der Waals surface area contributed by atoms with E-state index in [9.17, 15) is 18.8 Å². The van der Waals surface area contributed by atoms with Gasteiger partial charge in [-0.3, -0.25) is 9.59 Å². The van der Waals surface area contributed by atoms with Crippen molar-refractivity contribution in [2.75, 3.05) is 7.11 Å². The molecule has 72 valence electrons. The Morgan fingerprint density at radius 2 is 2.15 bits per heavy atom. The van der Waals surface area contributed by atoms with Crippen molar-refractivity contribution < 1.29 is 23.5 Å². The third-order valence-electron chi connectivity index (χ3n) is 2.06. The summed E-state index contributed by atoms with van der Waals surface area (Å²) in [6.07, 6.45) is -0.986. The molecule has 0 radical (unpaired) electrons. The predicted octanol–water partition coefficient (Wildman–Crippen LogP) is 0.190. The molecule has 13 heavy (non-hydrogen) atoms. The lowest BCUT2D eigenvalue weighted by Gasteiger charge is -2.24. The Kier molecular flexibility index (Phi) is 2.45. The number of ether oxygens (including phenoxy) is 1. The van der Waals surface area contributed by atoms with Crippen molar-refractivity contribution in [3.05, 3.63) is 0 Å². The molecule has 5 heteroatoms. The summed E-state index contributed by atoms with van der Waals surface area (Å²) in [4.78, 5) is 32.6. The Hall–Kier alpha value is -1.26. The maximum atomic E-state index is 13.6. The molecule has 0 bridgehead atoms. The Balaban J connectivity index is 2.85. The molecule has 0 aliphatic heterocycles. The number of hydrogen-bond acceptors (Lipinski definition) is 4. The highest BCUT2D eigenvalue weighted by Crippen LogP contribution is 2.28. The summed E-state index contributed by atoms with van der Waals surface area (Å²) in [5, 5.41) is 0. The van der Waals surface area contributed by atoms with Gasteiger partial charge in [0, 0.05) is 12.8 Å². The van der Waals surface area contributed by atoms with E-state index in [1.54, 1.807) is 0 Å². The summed E-state index contributed by atoms with van der Waals surface area (Å²) < 4.78 is 17.7. The number of esters is 1. The molecule has 1 saturated carbocycles. The standard InChI is InChI=1S/C8H9FO4/c1-13-7(12)8(9)3-2-5(10)4-6(8)11/h2-4H2,1H3. The second-order valence-electron chi connectivity index (χ2n) is 2.93. The maximum Gasteiger partial charge on any atom is 0.351 e. The monoisotopic (exact) mass is 188 g/mol. The van der Waals surface area contributed by atoms with Crippen LogP contribution in [0.5, 0.6) is 0 Å². The number of rotatable bonds is 1. The van der Waals surface area contributed by atoms with Crippen LogP contribution < -0.4 is 0 Å². The van der Waals surface area contributed by atoms with Crippen molar-refractivity contribution in [3.63, 3.8) is 0 Å². The molecule has 0 aromatic heterocycles. The van der Waals surface area contributed by atoms with Crippen LogP contribution in [-0.4, -0.2) is 30.3 Å². The van der Waals surface area contributed by atoms with E-state index >= 15 is 0 Å². The van der Waals surface area contributed by atoms with E-state index in [-0.39, 0.29) is 12.2 Å². The zero-order chi connectivity index (χ0) is 10.1. The van der Waals surface area contributed by atoms with Crippen molar-refractivity contribution in [3.8, 4) is 0 Å². The molecule has 0 aromatic carbocycles. The summed E-state index contributed by atoms with van der Waals surface area (Å²) in [7, 11) is 1.01. The number of carbonyl (C=O) groups is 3. The molecule has 1 rings (SSSR count). The number of carbonyl (C=O) groups excluding carboxylic acids is 3. The van der Waals surface area contributed by atoms with Crippen LogP contribution in [0.3, 0.4) is 0 Å². The SMILES string of the molecule is COC(=O)C1(F)CCC(=O)CC1=O. The first-order valence-electron chi connectivity index (χ1n) is 3.83. The zero-order valence-corrected chi connectivity index (χ0v) is 7.13. The second kappa shape index (κ2) is 3.24. The first kappa shape index (κ1) is 9.83. The minimum absolute atomic E-state index is 0.0860. The molecule has 0 saturated heterocycles. The van der Waals surface area contributed by atoms with Crippen molar-refractivity contribution in [2.24, 2.45) is 0 Å². The van der Waals surface area contributed by atoms with Crippen molar-refractivity contribution in [2.45, 2.75) is 24.9 Å². The molecule has 1 atom stereocenters. The molecule has 1 aliphatic carbocycles. The zero-order valence-electron chi connectivity index (χ0n) is 7.13. The number of hydrogen-bond donors (Lipinski definition) is 0. The van der Waals surface area contributed by atoms with E-state index < -0.39 is 30.3 Å². The lowest BCUT2D eigenvalue weighted by molar-refractivity contribution is -0.163. The van der Waals surface area contributed by atoms with E-state index in [1.807, 2.05) is 0 Å². The van der Waals surface area contributed by atoms with Gasteiger partial charge in [-0.25, -0.2) is 9.18 Å². The van der Waals surface area contributed by atoms with Crippen molar-refractivity contribution in [1.29, 1.82) is 0 Å². The van der Waals surface area contributed by atoms with Crippen LogP contribution >= 0.6 is 0 Å². The van der Waals surface area contributed by atoms with E-state index in [0.29, 0.717) is 0 Å². The number of methoxy groups -OCH3 is 1. The molecule has 0 aromatic rings. The van der Waals surface area contributed by atoms with Crippen molar-refractivity contribution in [1.82, 2.24) is 0 Å². The maximum absolute atomic E-state index is 13.6. The van der Waals surface area contributed by atoms with Gasteiger partial charge in [-0.15, -0.1) is 0 Å². The minimum Gasteiger partial charge on any atom is -0.466 e. The number of ketones is 2. The topological polar surface area (TPSA) is 60.4 Å². The molecule has 1 unspecified atom stereocenters. The van der Waals surface area contributed by atoms with E-state index in [4.69, 9.17) is 0 Å². The average molecular weight is 188 g/mol. The van der Waals surface area contributed by atoms with Gasteiger partial charge in [-0.05, 0) is 0 Å². The minimum atomic E-state index is -2.59. The largest absolute Gasteiger partial charge is 0.466 e. The van der Waals surface area contributed by atoms with Gasteiger partial charge in [0.1, 0.15) is 5.78 Å². The van der Waals surface area contributed by atoms with E-state index in [2.05, 4.69) is 4.74 Å². The number of alkyl halides is 1. The lowest BCUT2D eigenvalue weighted by atomic mass is 9.84. The van der Waals surface area contributed by atoms with Gasteiger partial charge < -0.3 is 4.74 Å². The quantitative estimate of drug-likeness (QED) is 0.435. The first-order valence-corrected chi connectivity index (χ1v) is 3.83. The highest BCUT2D eigenvalue weighted by atomic mass is 19.1. The number of Topliss-reactive ketones (excluding diaryl/α,β-unsaturated/α-hetero) is 2. The highest BCUT2D eigenvalue weighted by molar-refractivity contribution is 6.15. The Bertz CT molecular complexity index is 273. The molecule has 0 N–H and O–H groups in total. The van der Waals surface area contributed by atoms with Crippen LogP contribution in [0.25, 0.3) is 0 Å². The van der Waals surface area contributed by atoms with Gasteiger partial charge in [0.15, 0.2) is 5.78 Å². The van der Waals surface area contributed by atoms with Crippen LogP contribution in [0.4, 0.5) is 4.39 Å². The van der Waals surface area contributed by atoms with Gasteiger partial charge >= 0.3 is 5.97 Å². The van der Waals surface area contributed by atoms with Crippen LogP contribution in [0.15, 0.2) is 0 Å². The Morgan fingerprint density at radius 1 is 1.54 bits per heavy atom.